The first-order valence-electron chi connectivity index (χ1n) is 18.2. The maximum atomic E-state index is 8.60. The summed E-state index contributed by atoms with van der Waals surface area (Å²) in [4.78, 5) is 8.75. The van der Waals surface area contributed by atoms with Gasteiger partial charge in [0.1, 0.15) is 5.82 Å². The van der Waals surface area contributed by atoms with Crippen LogP contribution in [0.15, 0.2) is 158 Å². The minimum atomic E-state index is -2.90. The summed E-state index contributed by atoms with van der Waals surface area (Å²) in [7, 11) is 0. The van der Waals surface area contributed by atoms with E-state index >= 15 is 0 Å². The molecule has 2 aromatic heterocycles. The van der Waals surface area contributed by atoms with E-state index in [1.807, 2.05) is 48.8 Å². The molecule has 9 aromatic rings. The standard InChI is InChI=1S/C44H31N3/c1-2-42-46-40-17-9-10-18-41(40)47(42)33-22-21-30-27-32(20-19-31(30)28-33)43-36-13-5-7-15-38(36)44(39-16-8-6-14-37(39)43)35-12-4-3-11-34(35)29-23-25-45-26-24-29/h3-28H,2H2,1H3/i1D3,2D2. The molecule has 0 atom stereocenters. The fraction of sp³-hybridized carbons (Fsp3) is 0.0455. The lowest BCUT2D eigenvalue weighted by atomic mass is 9.83. The van der Waals surface area contributed by atoms with E-state index in [1.54, 1.807) is 10.6 Å². The Balaban J connectivity index is 1.24. The van der Waals surface area contributed by atoms with Gasteiger partial charge in [-0.15, -0.1) is 0 Å². The largest absolute Gasteiger partial charge is 0.296 e. The number of benzene rings is 7. The van der Waals surface area contributed by atoms with E-state index in [2.05, 4.69) is 113 Å². The van der Waals surface area contributed by atoms with Crippen molar-refractivity contribution in [3.05, 3.63) is 164 Å². The summed E-state index contributed by atoms with van der Waals surface area (Å²) in [6, 6.07) is 49.5. The summed E-state index contributed by atoms with van der Waals surface area (Å²) in [5.74, 6) is -0.145. The van der Waals surface area contributed by atoms with Crippen molar-refractivity contribution in [2.75, 3.05) is 0 Å². The van der Waals surface area contributed by atoms with Gasteiger partial charge in [0.2, 0.25) is 0 Å². The summed E-state index contributed by atoms with van der Waals surface area (Å²) >= 11 is 0. The highest BCUT2D eigenvalue weighted by molar-refractivity contribution is 6.22. The number of para-hydroxylation sites is 2. The van der Waals surface area contributed by atoms with Gasteiger partial charge in [0, 0.05) is 31.3 Å². The van der Waals surface area contributed by atoms with Gasteiger partial charge < -0.3 is 0 Å². The second-order valence-electron chi connectivity index (χ2n) is 11.8. The van der Waals surface area contributed by atoms with Crippen LogP contribution >= 0.6 is 0 Å². The Morgan fingerprint density at radius 3 is 1.94 bits per heavy atom. The molecule has 7 aromatic carbocycles. The van der Waals surface area contributed by atoms with Gasteiger partial charge in [-0.25, -0.2) is 4.98 Å². The zero-order valence-electron chi connectivity index (χ0n) is 30.4. The van der Waals surface area contributed by atoms with Gasteiger partial charge in [0.15, 0.2) is 0 Å². The van der Waals surface area contributed by atoms with Crippen LogP contribution in [0.3, 0.4) is 0 Å². The normalized spacial score (nSPS) is 13.7. The molecule has 0 saturated carbocycles. The number of hydrogen-bond acceptors (Lipinski definition) is 2. The molecule has 0 fully saturated rings. The van der Waals surface area contributed by atoms with Crippen LogP contribution in [0.4, 0.5) is 0 Å². The van der Waals surface area contributed by atoms with E-state index in [0.717, 1.165) is 60.1 Å². The van der Waals surface area contributed by atoms with Gasteiger partial charge in [0.25, 0.3) is 0 Å². The second-order valence-corrected chi connectivity index (χ2v) is 11.8. The third-order valence-electron chi connectivity index (χ3n) is 9.16. The molecule has 47 heavy (non-hydrogen) atoms. The number of imidazole rings is 1. The molecule has 0 N–H and O–H groups in total. The number of aryl methyl sites for hydroxylation is 1. The summed E-state index contributed by atoms with van der Waals surface area (Å²) < 4.78 is 42.8. The number of hydrogen-bond donors (Lipinski definition) is 0. The average molecular weight is 607 g/mol. The van der Waals surface area contributed by atoms with Crippen LogP contribution in [-0.2, 0) is 6.37 Å². The van der Waals surface area contributed by atoms with E-state index in [0.29, 0.717) is 16.7 Å². The molecular weight excluding hydrogens is 571 g/mol. The van der Waals surface area contributed by atoms with Gasteiger partial charge in [0.05, 0.1) is 11.0 Å². The SMILES string of the molecule is [2H]C([2H])([2H])C([2H])([2H])c1nc2ccccc2n1-c1ccc2cc(-c3c4ccccc4c(-c4ccccc4-c4ccncc4)c4ccccc34)ccc2c1. The third kappa shape index (κ3) is 4.43. The van der Waals surface area contributed by atoms with E-state index in [4.69, 9.17) is 6.85 Å². The molecule has 3 nitrogen and oxygen atoms in total. The maximum Gasteiger partial charge on any atom is 0.114 e. The van der Waals surface area contributed by atoms with Gasteiger partial charge in [-0.05, 0) is 108 Å². The molecule has 0 aliphatic rings. The Morgan fingerprint density at radius 1 is 0.574 bits per heavy atom. The van der Waals surface area contributed by atoms with Crippen molar-refractivity contribution >= 4 is 43.4 Å². The molecule has 0 saturated heterocycles. The van der Waals surface area contributed by atoms with Gasteiger partial charge in [-0.2, -0.15) is 0 Å². The van der Waals surface area contributed by atoms with Crippen molar-refractivity contribution in [2.45, 2.75) is 13.2 Å². The highest BCUT2D eigenvalue weighted by atomic mass is 15.1. The molecule has 0 aliphatic carbocycles. The lowest BCUT2D eigenvalue weighted by Crippen LogP contribution is -2.00. The maximum absolute atomic E-state index is 8.60. The lowest BCUT2D eigenvalue weighted by molar-refractivity contribution is 0.909. The van der Waals surface area contributed by atoms with Crippen LogP contribution in [0.2, 0.25) is 0 Å². The average Bonchev–Trinajstić information content (AvgIpc) is 3.57. The first kappa shape index (κ1) is 22.4. The van der Waals surface area contributed by atoms with Crippen LogP contribution < -0.4 is 0 Å². The van der Waals surface area contributed by atoms with Crippen LogP contribution in [-0.4, -0.2) is 14.5 Å². The second kappa shape index (κ2) is 11.1. The van der Waals surface area contributed by atoms with Crippen molar-refractivity contribution in [2.24, 2.45) is 0 Å². The molecule has 0 radical (unpaired) electrons. The number of aromatic nitrogens is 3. The molecule has 0 unspecified atom stereocenters. The summed E-state index contributed by atoms with van der Waals surface area (Å²) in [5.41, 5.74) is 8.66. The molecule has 3 heteroatoms. The minimum Gasteiger partial charge on any atom is -0.296 e. The summed E-state index contributed by atoms with van der Waals surface area (Å²) in [5, 5.41) is 6.57. The van der Waals surface area contributed by atoms with Crippen molar-refractivity contribution < 1.29 is 6.85 Å². The highest BCUT2D eigenvalue weighted by Crippen LogP contribution is 2.46. The highest BCUT2D eigenvalue weighted by Gasteiger charge is 2.19. The number of fused-ring (bicyclic) bond motifs is 4. The van der Waals surface area contributed by atoms with E-state index in [1.165, 1.54) is 5.56 Å². The molecule has 0 amide bonds. The Bertz CT molecular complexity index is 2760. The zero-order chi connectivity index (χ0) is 35.6. The van der Waals surface area contributed by atoms with E-state index in [-0.39, 0.29) is 5.82 Å². The van der Waals surface area contributed by atoms with Gasteiger partial charge in [-0.3, -0.25) is 9.55 Å². The fourth-order valence-electron chi connectivity index (χ4n) is 7.11. The van der Waals surface area contributed by atoms with Crippen LogP contribution in [0.5, 0.6) is 0 Å². The first-order chi connectivity index (χ1) is 25.2. The quantitative estimate of drug-likeness (QED) is 0.183. The van der Waals surface area contributed by atoms with Crippen LogP contribution in [0.1, 0.15) is 19.5 Å². The van der Waals surface area contributed by atoms with Crippen molar-refractivity contribution in [3.8, 4) is 39.1 Å². The smallest absolute Gasteiger partial charge is 0.114 e. The van der Waals surface area contributed by atoms with Crippen LogP contribution in [0.25, 0.3) is 82.4 Å². The molecule has 0 aliphatic heterocycles. The molecule has 9 rings (SSSR count). The Hall–Kier alpha value is -6.06. The van der Waals surface area contributed by atoms with E-state index < -0.39 is 13.2 Å². The topological polar surface area (TPSA) is 30.7 Å². The monoisotopic (exact) mass is 606 g/mol. The van der Waals surface area contributed by atoms with Crippen LogP contribution in [0, 0.1) is 0 Å². The molecular formula is C44H31N3. The summed E-state index contributed by atoms with van der Waals surface area (Å²) in [6.07, 6.45) is 0.998. The molecule has 0 spiro atoms. The number of rotatable bonds is 5. The van der Waals surface area contributed by atoms with Gasteiger partial charge in [-0.1, -0.05) is 110 Å². The van der Waals surface area contributed by atoms with Crippen molar-refractivity contribution in [1.29, 1.82) is 0 Å². The third-order valence-corrected chi connectivity index (χ3v) is 9.16. The minimum absolute atomic E-state index is 0.145. The Kier molecular flexibility index (Phi) is 5.29. The Morgan fingerprint density at radius 2 is 1.19 bits per heavy atom. The lowest BCUT2D eigenvalue weighted by Gasteiger charge is -2.20. The van der Waals surface area contributed by atoms with Gasteiger partial charge >= 0.3 is 0 Å². The Labute approximate surface area is 280 Å². The summed E-state index contributed by atoms with van der Waals surface area (Å²) in [6.45, 7) is -2.90. The first-order valence-corrected chi connectivity index (χ1v) is 15.7. The molecule has 0 bridgehead atoms. The van der Waals surface area contributed by atoms with E-state index in [9.17, 15) is 0 Å². The number of nitrogens with zero attached hydrogens (tertiary/aromatic N) is 3. The molecule has 2 heterocycles. The zero-order valence-corrected chi connectivity index (χ0v) is 25.4. The van der Waals surface area contributed by atoms with Crippen molar-refractivity contribution in [1.82, 2.24) is 14.5 Å². The molecule has 222 valence electrons. The fourth-order valence-corrected chi connectivity index (χ4v) is 7.11. The predicted octanol–water partition coefficient (Wildman–Crippen LogP) is 11.4. The number of pyridine rings is 1. The predicted molar refractivity (Wildman–Crippen MR) is 197 cm³/mol. The van der Waals surface area contributed by atoms with Crippen molar-refractivity contribution in [3.63, 3.8) is 0 Å².